The lowest BCUT2D eigenvalue weighted by atomic mass is 9.90. The third-order valence-corrected chi connectivity index (χ3v) is 3.82. The highest BCUT2D eigenvalue weighted by molar-refractivity contribution is 8.00. The lowest BCUT2D eigenvalue weighted by Gasteiger charge is -2.33. The second-order valence-electron chi connectivity index (χ2n) is 3.21. The van der Waals surface area contributed by atoms with Crippen molar-refractivity contribution in [2.75, 3.05) is 5.88 Å². The molecular weight excluding hydrogens is 162 g/mol. The summed E-state index contributed by atoms with van der Waals surface area (Å²) in [5.74, 6) is 0.916. The number of aliphatic hydroxyl groups is 2. The van der Waals surface area contributed by atoms with E-state index in [4.69, 9.17) is 0 Å². The van der Waals surface area contributed by atoms with E-state index in [1.54, 1.807) is 0 Å². The van der Waals surface area contributed by atoms with E-state index in [-0.39, 0.29) is 6.04 Å². The fourth-order valence-corrected chi connectivity index (χ4v) is 3.11. The predicted molar refractivity (Wildman–Crippen MR) is 44.4 cm³/mol. The molecule has 1 heterocycles. The number of hydrogen-bond donors (Lipinski definition) is 3. The van der Waals surface area contributed by atoms with Crippen LogP contribution in [0.5, 0.6) is 0 Å². The summed E-state index contributed by atoms with van der Waals surface area (Å²) in [6.07, 6.45) is 0.712. The lowest BCUT2D eigenvalue weighted by molar-refractivity contribution is -0.0235. The molecule has 1 aliphatic heterocycles. The molecule has 1 aliphatic carbocycles. The van der Waals surface area contributed by atoms with Crippen molar-refractivity contribution in [2.45, 2.75) is 36.3 Å². The maximum Gasteiger partial charge on any atom is 0.0962 e. The summed E-state index contributed by atoms with van der Waals surface area (Å²) in [5, 5.41) is 22.6. The normalized spacial score (nSPS) is 50.7. The molecule has 2 rings (SSSR count). The molecule has 11 heavy (non-hydrogen) atoms. The van der Waals surface area contributed by atoms with Crippen molar-refractivity contribution < 1.29 is 10.2 Å². The Hall–Kier alpha value is 0.230. The molecular formula is C7H13NO2S. The molecule has 4 atom stereocenters. The Kier molecular flexibility index (Phi) is 2.10. The highest BCUT2D eigenvalue weighted by Gasteiger charge is 2.40. The quantitative estimate of drug-likeness (QED) is 0.466. The molecule has 64 valence electrons. The second kappa shape index (κ2) is 2.94. The maximum atomic E-state index is 9.52. The van der Waals surface area contributed by atoms with Crippen LogP contribution in [-0.4, -0.2) is 39.6 Å². The van der Waals surface area contributed by atoms with E-state index in [1.807, 2.05) is 11.8 Å². The zero-order valence-electron chi connectivity index (χ0n) is 6.23. The van der Waals surface area contributed by atoms with E-state index >= 15 is 0 Å². The molecule has 1 saturated heterocycles. The molecule has 0 aromatic carbocycles. The molecule has 0 aromatic heterocycles. The van der Waals surface area contributed by atoms with Crippen LogP contribution in [0.15, 0.2) is 0 Å². The van der Waals surface area contributed by atoms with Gasteiger partial charge in [-0.2, -0.15) is 0 Å². The summed E-state index contributed by atoms with van der Waals surface area (Å²) in [4.78, 5) is 0. The van der Waals surface area contributed by atoms with Crippen molar-refractivity contribution in [2.24, 2.45) is 0 Å². The Morgan fingerprint density at radius 2 is 2.09 bits per heavy atom. The average Bonchev–Trinajstić information content (AvgIpc) is 2.45. The van der Waals surface area contributed by atoms with Gasteiger partial charge in [-0.1, -0.05) is 0 Å². The van der Waals surface area contributed by atoms with Crippen LogP contribution in [0.4, 0.5) is 0 Å². The molecule has 4 unspecified atom stereocenters. The number of hydrogen-bond acceptors (Lipinski definition) is 4. The van der Waals surface area contributed by atoms with Gasteiger partial charge in [-0.05, 0) is 12.8 Å². The fraction of sp³-hybridized carbons (Fsp3) is 1.00. The highest BCUT2D eigenvalue weighted by Crippen LogP contribution is 2.33. The Morgan fingerprint density at radius 3 is 2.91 bits per heavy atom. The first-order valence-corrected chi connectivity index (χ1v) is 5.05. The molecule has 0 spiro atoms. The SMILES string of the molecule is OC1CCC2SCNC2C1O. The molecule has 0 bridgehead atoms. The van der Waals surface area contributed by atoms with E-state index < -0.39 is 12.2 Å². The third kappa shape index (κ3) is 1.28. The first-order chi connectivity index (χ1) is 5.29. The molecule has 3 N–H and O–H groups in total. The van der Waals surface area contributed by atoms with Crippen molar-refractivity contribution in [3.8, 4) is 0 Å². The first-order valence-electron chi connectivity index (χ1n) is 4.00. The van der Waals surface area contributed by atoms with E-state index in [0.717, 1.165) is 18.7 Å². The minimum Gasteiger partial charge on any atom is -0.390 e. The molecule has 2 fully saturated rings. The summed E-state index contributed by atoms with van der Waals surface area (Å²) in [7, 11) is 0. The van der Waals surface area contributed by atoms with Crippen LogP contribution >= 0.6 is 11.8 Å². The minimum atomic E-state index is -0.552. The molecule has 1 saturated carbocycles. The largest absolute Gasteiger partial charge is 0.390 e. The number of rotatable bonds is 0. The van der Waals surface area contributed by atoms with Crippen LogP contribution in [0.2, 0.25) is 0 Å². The number of aliphatic hydroxyl groups excluding tert-OH is 2. The number of thioether (sulfide) groups is 1. The minimum absolute atomic E-state index is 0.128. The van der Waals surface area contributed by atoms with Crippen molar-refractivity contribution in [1.82, 2.24) is 5.32 Å². The van der Waals surface area contributed by atoms with Crippen LogP contribution in [0.3, 0.4) is 0 Å². The molecule has 0 radical (unpaired) electrons. The highest BCUT2D eigenvalue weighted by atomic mass is 32.2. The van der Waals surface area contributed by atoms with E-state index in [0.29, 0.717) is 5.25 Å². The van der Waals surface area contributed by atoms with Crippen molar-refractivity contribution >= 4 is 11.8 Å². The van der Waals surface area contributed by atoms with Crippen molar-refractivity contribution in [3.63, 3.8) is 0 Å². The van der Waals surface area contributed by atoms with E-state index in [9.17, 15) is 10.2 Å². The molecule has 0 amide bonds. The Balaban J connectivity index is 2.06. The third-order valence-electron chi connectivity index (χ3n) is 2.53. The van der Waals surface area contributed by atoms with Gasteiger partial charge < -0.3 is 15.5 Å². The first kappa shape index (κ1) is 7.86. The van der Waals surface area contributed by atoms with Gasteiger partial charge in [0.2, 0.25) is 0 Å². The van der Waals surface area contributed by atoms with Gasteiger partial charge >= 0.3 is 0 Å². The van der Waals surface area contributed by atoms with Gasteiger partial charge in [0.05, 0.1) is 12.2 Å². The number of nitrogens with one attached hydrogen (secondary N) is 1. The molecule has 4 heteroatoms. The standard InChI is InChI=1S/C7H13NO2S/c9-4-1-2-5-6(7(4)10)8-3-11-5/h4-10H,1-3H2. The van der Waals surface area contributed by atoms with Gasteiger partial charge in [-0.3, -0.25) is 0 Å². The Bertz CT molecular complexity index is 155. The number of fused-ring (bicyclic) bond motifs is 1. The van der Waals surface area contributed by atoms with Gasteiger partial charge in [0.1, 0.15) is 0 Å². The topological polar surface area (TPSA) is 52.5 Å². The molecule has 2 aliphatic rings. The summed E-state index contributed by atoms with van der Waals surface area (Å²) in [6, 6.07) is 0.128. The summed E-state index contributed by atoms with van der Waals surface area (Å²) in [5.41, 5.74) is 0. The summed E-state index contributed by atoms with van der Waals surface area (Å²) >= 11 is 1.85. The van der Waals surface area contributed by atoms with E-state index in [1.165, 1.54) is 0 Å². The van der Waals surface area contributed by atoms with Crippen molar-refractivity contribution in [1.29, 1.82) is 0 Å². The lowest BCUT2D eigenvalue weighted by Crippen LogP contribution is -2.51. The smallest absolute Gasteiger partial charge is 0.0962 e. The fourth-order valence-electron chi connectivity index (χ4n) is 1.84. The Labute approximate surface area is 70.2 Å². The zero-order chi connectivity index (χ0) is 7.84. The van der Waals surface area contributed by atoms with E-state index in [2.05, 4.69) is 5.32 Å². The van der Waals surface area contributed by atoms with Gasteiger partial charge in [-0.15, -0.1) is 11.8 Å². The van der Waals surface area contributed by atoms with Crippen LogP contribution in [0, 0.1) is 0 Å². The predicted octanol–water partition coefficient (Wildman–Crippen LogP) is -0.467. The van der Waals surface area contributed by atoms with Gasteiger partial charge in [0.25, 0.3) is 0 Å². The maximum absolute atomic E-state index is 9.52. The monoisotopic (exact) mass is 175 g/mol. The van der Waals surface area contributed by atoms with Gasteiger partial charge in [0.15, 0.2) is 0 Å². The van der Waals surface area contributed by atoms with Crippen LogP contribution in [-0.2, 0) is 0 Å². The van der Waals surface area contributed by atoms with Gasteiger partial charge in [-0.25, -0.2) is 0 Å². The Morgan fingerprint density at radius 1 is 1.27 bits per heavy atom. The van der Waals surface area contributed by atoms with Crippen LogP contribution < -0.4 is 5.32 Å². The van der Waals surface area contributed by atoms with Crippen molar-refractivity contribution in [3.05, 3.63) is 0 Å². The molecule has 0 aromatic rings. The van der Waals surface area contributed by atoms with Gasteiger partial charge in [0, 0.05) is 17.2 Å². The average molecular weight is 175 g/mol. The molecule has 3 nitrogen and oxygen atoms in total. The summed E-state index contributed by atoms with van der Waals surface area (Å²) < 4.78 is 0. The zero-order valence-corrected chi connectivity index (χ0v) is 7.05. The second-order valence-corrected chi connectivity index (χ2v) is 4.44. The van der Waals surface area contributed by atoms with Crippen LogP contribution in [0.1, 0.15) is 12.8 Å². The van der Waals surface area contributed by atoms with Crippen LogP contribution in [0.25, 0.3) is 0 Å². The summed E-state index contributed by atoms with van der Waals surface area (Å²) in [6.45, 7) is 0.